The Hall–Kier alpha value is -2.25. The summed E-state index contributed by atoms with van der Waals surface area (Å²) in [6.07, 6.45) is 0. The van der Waals surface area contributed by atoms with Crippen molar-refractivity contribution < 1.29 is 17.6 Å². The Balaban J connectivity index is 2.23. The predicted molar refractivity (Wildman–Crippen MR) is 95.2 cm³/mol. The van der Waals surface area contributed by atoms with Gasteiger partial charge in [-0.2, -0.15) is 4.72 Å². The van der Waals surface area contributed by atoms with Crippen LogP contribution in [0.2, 0.25) is 0 Å². The van der Waals surface area contributed by atoms with Crippen molar-refractivity contribution in [2.75, 3.05) is 5.32 Å². The minimum absolute atomic E-state index is 0.327. The second-order valence-corrected chi connectivity index (χ2v) is 7.81. The van der Waals surface area contributed by atoms with Gasteiger partial charge in [-0.3, -0.25) is 4.79 Å². The summed E-state index contributed by atoms with van der Waals surface area (Å²) >= 11 is 0. The first-order valence-corrected chi connectivity index (χ1v) is 9.33. The Kier molecular flexibility index (Phi) is 5.92. The SMILES string of the molecule is Cc1cccc(NC(=O)C(NS(=O)(=O)c2ccccc2F)C(C)C)c1. The molecule has 2 aromatic rings. The van der Waals surface area contributed by atoms with Crippen LogP contribution in [0.4, 0.5) is 10.1 Å². The number of nitrogens with one attached hydrogen (secondary N) is 2. The Morgan fingerprint density at radius 2 is 1.76 bits per heavy atom. The highest BCUT2D eigenvalue weighted by Crippen LogP contribution is 2.17. The monoisotopic (exact) mass is 364 g/mol. The number of hydrogen-bond acceptors (Lipinski definition) is 3. The molecule has 0 aromatic heterocycles. The molecule has 0 aliphatic carbocycles. The molecule has 0 saturated heterocycles. The molecular formula is C18H21FN2O3S. The number of aryl methyl sites for hydroxylation is 1. The molecule has 134 valence electrons. The highest BCUT2D eigenvalue weighted by atomic mass is 32.2. The van der Waals surface area contributed by atoms with Gasteiger partial charge >= 0.3 is 0 Å². The maximum atomic E-state index is 13.8. The third kappa shape index (κ3) is 4.87. The topological polar surface area (TPSA) is 75.3 Å². The van der Waals surface area contributed by atoms with Crippen LogP contribution in [-0.2, 0) is 14.8 Å². The molecule has 7 heteroatoms. The summed E-state index contributed by atoms with van der Waals surface area (Å²) in [7, 11) is -4.17. The van der Waals surface area contributed by atoms with Gasteiger partial charge < -0.3 is 5.32 Å². The van der Waals surface area contributed by atoms with E-state index in [1.54, 1.807) is 32.0 Å². The van der Waals surface area contributed by atoms with Crippen LogP contribution < -0.4 is 10.0 Å². The summed E-state index contributed by atoms with van der Waals surface area (Å²) < 4.78 is 41.0. The van der Waals surface area contributed by atoms with E-state index in [9.17, 15) is 17.6 Å². The molecule has 1 amide bonds. The summed E-state index contributed by atoms with van der Waals surface area (Å²) in [6.45, 7) is 5.31. The molecule has 0 saturated carbocycles. The lowest BCUT2D eigenvalue weighted by Gasteiger charge is -2.22. The maximum Gasteiger partial charge on any atom is 0.244 e. The lowest BCUT2D eigenvalue weighted by Crippen LogP contribution is -2.47. The minimum Gasteiger partial charge on any atom is -0.325 e. The zero-order valence-corrected chi connectivity index (χ0v) is 15.1. The van der Waals surface area contributed by atoms with E-state index in [2.05, 4.69) is 10.0 Å². The van der Waals surface area contributed by atoms with E-state index in [1.807, 2.05) is 13.0 Å². The molecule has 1 unspecified atom stereocenters. The lowest BCUT2D eigenvalue weighted by atomic mass is 10.0. The molecule has 0 bridgehead atoms. The number of amides is 1. The van der Waals surface area contributed by atoms with Crippen molar-refractivity contribution >= 4 is 21.6 Å². The van der Waals surface area contributed by atoms with Gasteiger partial charge in [0.2, 0.25) is 15.9 Å². The van der Waals surface area contributed by atoms with E-state index in [0.29, 0.717) is 5.69 Å². The van der Waals surface area contributed by atoms with E-state index < -0.39 is 32.7 Å². The standard InChI is InChI=1S/C18H21FN2O3S/c1-12(2)17(18(22)20-14-8-6-7-13(3)11-14)21-25(23,24)16-10-5-4-9-15(16)19/h4-12,17,21H,1-3H3,(H,20,22). The molecule has 25 heavy (non-hydrogen) atoms. The van der Waals surface area contributed by atoms with E-state index in [4.69, 9.17) is 0 Å². The fourth-order valence-electron chi connectivity index (χ4n) is 2.33. The number of carbonyl (C=O) groups excluding carboxylic acids is 1. The van der Waals surface area contributed by atoms with Gasteiger partial charge in [-0.15, -0.1) is 0 Å². The third-order valence-electron chi connectivity index (χ3n) is 3.64. The van der Waals surface area contributed by atoms with Crippen molar-refractivity contribution in [3.05, 3.63) is 59.9 Å². The molecule has 0 aliphatic rings. The molecule has 1 atom stereocenters. The molecular weight excluding hydrogens is 343 g/mol. The molecule has 2 rings (SSSR count). The van der Waals surface area contributed by atoms with Crippen LogP contribution in [0.25, 0.3) is 0 Å². The summed E-state index contributed by atoms with van der Waals surface area (Å²) in [5.74, 6) is -1.69. The van der Waals surface area contributed by atoms with Crippen LogP contribution in [0.3, 0.4) is 0 Å². The fourth-order valence-corrected chi connectivity index (χ4v) is 3.75. The average molecular weight is 364 g/mol. The predicted octanol–water partition coefficient (Wildman–Crippen LogP) is 3.08. The minimum atomic E-state index is -4.17. The average Bonchev–Trinajstić information content (AvgIpc) is 2.52. The molecule has 2 N–H and O–H groups in total. The second kappa shape index (κ2) is 7.76. The van der Waals surface area contributed by atoms with E-state index in [1.165, 1.54) is 12.1 Å². The van der Waals surface area contributed by atoms with Crippen LogP contribution in [0.15, 0.2) is 53.4 Å². The smallest absolute Gasteiger partial charge is 0.244 e. The first-order chi connectivity index (χ1) is 11.7. The Labute approximate surface area is 147 Å². The van der Waals surface area contributed by atoms with Crippen LogP contribution >= 0.6 is 0 Å². The largest absolute Gasteiger partial charge is 0.325 e. The zero-order chi connectivity index (χ0) is 18.6. The molecule has 5 nitrogen and oxygen atoms in total. The first kappa shape index (κ1) is 19.1. The van der Waals surface area contributed by atoms with Gasteiger partial charge in [0, 0.05) is 5.69 Å². The molecule has 0 fully saturated rings. The van der Waals surface area contributed by atoms with Crippen LogP contribution in [0.5, 0.6) is 0 Å². The van der Waals surface area contributed by atoms with E-state index in [-0.39, 0.29) is 5.92 Å². The Morgan fingerprint density at radius 1 is 1.08 bits per heavy atom. The molecule has 0 aliphatic heterocycles. The summed E-state index contributed by atoms with van der Waals surface area (Å²) in [5, 5.41) is 2.69. The van der Waals surface area contributed by atoms with Crippen molar-refractivity contribution in [3.8, 4) is 0 Å². The number of sulfonamides is 1. The van der Waals surface area contributed by atoms with Gasteiger partial charge in [0.05, 0.1) is 0 Å². The van der Waals surface area contributed by atoms with Gasteiger partial charge in [-0.1, -0.05) is 38.1 Å². The first-order valence-electron chi connectivity index (χ1n) is 7.85. The van der Waals surface area contributed by atoms with Crippen molar-refractivity contribution in [1.29, 1.82) is 0 Å². The Bertz CT molecular complexity index is 866. The highest BCUT2D eigenvalue weighted by molar-refractivity contribution is 7.89. The quantitative estimate of drug-likeness (QED) is 0.827. The number of hydrogen-bond donors (Lipinski definition) is 2. The van der Waals surface area contributed by atoms with Gasteiger partial charge in [0.25, 0.3) is 0 Å². The maximum absolute atomic E-state index is 13.8. The van der Waals surface area contributed by atoms with Crippen molar-refractivity contribution in [3.63, 3.8) is 0 Å². The van der Waals surface area contributed by atoms with Crippen LogP contribution in [0.1, 0.15) is 19.4 Å². The number of benzene rings is 2. The number of anilines is 1. The number of carbonyl (C=O) groups is 1. The third-order valence-corrected chi connectivity index (χ3v) is 5.12. The van der Waals surface area contributed by atoms with Crippen molar-refractivity contribution in [2.45, 2.75) is 31.7 Å². The van der Waals surface area contributed by atoms with E-state index in [0.717, 1.165) is 17.7 Å². The number of rotatable bonds is 6. The molecule has 0 radical (unpaired) electrons. The van der Waals surface area contributed by atoms with Crippen molar-refractivity contribution in [2.24, 2.45) is 5.92 Å². The Morgan fingerprint density at radius 3 is 2.36 bits per heavy atom. The van der Waals surface area contributed by atoms with Gasteiger partial charge in [0.1, 0.15) is 16.8 Å². The zero-order valence-electron chi connectivity index (χ0n) is 14.3. The normalized spacial score (nSPS) is 12.8. The van der Waals surface area contributed by atoms with E-state index >= 15 is 0 Å². The number of halogens is 1. The van der Waals surface area contributed by atoms with Crippen molar-refractivity contribution in [1.82, 2.24) is 4.72 Å². The van der Waals surface area contributed by atoms with Gasteiger partial charge in [0.15, 0.2) is 0 Å². The molecule has 0 heterocycles. The second-order valence-electron chi connectivity index (χ2n) is 6.13. The van der Waals surface area contributed by atoms with Crippen LogP contribution in [-0.4, -0.2) is 20.4 Å². The van der Waals surface area contributed by atoms with Crippen LogP contribution in [0, 0.1) is 18.7 Å². The molecule has 0 spiro atoms. The lowest BCUT2D eigenvalue weighted by molar-refractivity contribution is -0.118. The summed E-state index contributed by atoms with van der Waals surface area (Å²) in [4.78, 5) is 12.0. The fraction of sp³-hybridized carbons (Fsp3) is 0.278. The summed E-state index contributed by atoms with van der Waals surface area (Å²) in [6, 6.07) is 11.2. The molecule has 2 aromatic carbocycles. The van der Waals surface area contributed by atoms with Gasteiger partial charge in [-0.25, -0.2) is 12.8 Å². The summed E-state index contributed by atoms with van der Waals surface area (Å²) in [5.41, 5.74) is 1.53. The van der Waals surface area contributed by atoms with Gasteiger partial charge in [-0.05, 0) is 42.7 Å². The highest BCUT2D eigenvalue weighted by Gasteiger charge is 2.29.